The zero-order chi connectivity index (χ0) is 23.4. The molecule has 0 radical (unpaired) electrons. The minimum atomic E-state index is 0.0167. The van der Waals surface area contributed by atoms with E-state index in [2.05, 4.69) is 25.7 Å². The van der Waals surface area contributed by atoms with Gasteiger partial charge in [-0.1, -0.05) is 56.6 Å². The van der Waals surface area contributed by atoms with Crippen molar-refractivity contribution in [2.24, 2.45) is 10.8 Å². The molecule has 1 aliphatic carbocycles. The molecule has 5 rings (SSSR count). The maximum Gasteiger partial charge on any atom is 0.272 e. The number of nitrogens with zero attached hydrogens (tertiary/aromatic N) is 3. The van der Waals surface area contributed by atoms with Crippen molar-refractivity contribution in [3.05, 3.63) is 65.3 Å². The number of benzene rings is 2. The highest BCUT2D eigenvalue weighted by molar-refractivity contribution is 6.32. The molecular formula is C27H30ClN3O2. The van der Waals surface area contributed by atoms with Gasteiger partial charge < -0.3 is 9.64 Å². The van der Waals surface area contributed by atoms with Crippen molar-refractivity contribution in [2.75, 3.05) is 13.7 Å². The van der Waals surface area contributed by atoms with Crippen LogP contribution < -0.4 is 4.74 Å². The molecule has 3 aromatic rings. The second kappa shape index (κ2) is 7.91. The van der Waals surface area contributed by atoms with Gasteiger partial charge in [-0.3, -0.25) is 4.79 Å². The summed E-state index contributed by atoms with van der Waals surface area (Å²) in [7, 11) is 1.64. The summed E-state index contributed by atoms with van der Waals surface area (Å²) in [5, 5.41) is 5.40. The molecule has 1 saturated heterocycles. The number of para-hydroxylation sites is 1. The molecule has 2 aromatic carbocycles. The first-order valence-electron chi connectivity index (χ1n) is 11.5. The van der Waals surface area contributed by atoms with Crippen LogP contribution in [0.4, 0.5) is 0 Å². The van der Waals surface area contributed by atoms with E-state index in [0.29, 0.717) is 22.1 Å². The van der Waals surface area contributed by atoms with E-state index < -0.39 is 0 Å². The molecule has 1 aromatic heterocycles. The van der Waals surface area contributed by atoms with Gasteiger partial charge >= 0.3 is 0 Å². The maximum absolute atomic E-state index is 14.0. The summed E-state index contributed by atoms with van der Waals surface area (Å²) in [4.78, 5) is 16.1. The Bertz CT molecular complexity index is 1220. The van der Waals surface area contributed by atoms with Crippen LogP contribution in [0.3, 0.4) is 0 Å². The summed E-state index contributed by atoms with van der Waals surface area (Å²) in [6.45, 7) is 7.74. The van der Waals surface area contributed by atoms with Gasteiger partial charge in [-0.05, 0) is 60.4 Å². The van der Waals surface area contributed by atoms with Gasteiger partial charge in [-0.15, -0.1) is 0 Å². The van der Waals surface area contributed by atoms with Crippen molar-refractivity contribution in [1.29, 1.82) is 0 Å². The minimum absolute atomic E-state index is 0.0167. The second-order valence-electron chi connectivity index (χ2n) is 10.7. The van der Waals surface area contributed by atoms with Crippen LogP contribution in [0.1, 0.15) is 50.5 Å². The lowest BCUT2D eigenvalue weighted by Gasteiger charge is -2.39. The molecule has 5 nitrogen and oxygen atoms in total. The number of aromatic nitrogens is 2. The molecule has 2 aliphatic rings. The molecule has 2 atom stereocenters. The van der Waals surface area contributed by atoms with Crippen LogP contribution in [0.2, 0.25) is 5.02 Å². The van der Waals surface area contributed by atoms with Crippen molar-refractivity contribution in [3.8, 4) is 22.7 Å². The highest BCUT2D eigenvalue weighted by atomic mass is 35.5. The van der Waals surface area contributed by atoms with Gasteiger partial charge in [-0.25, -0.2) is 4.68 Å². The van der Waals surface area contributed by atoms with Crippen molar-refractivity contribution in [1.82, 2.24) is 14.7 Å². The predicted octanol–water partition coefficient (Wildman–Crippen LogP) is 6.24. The number of fused-ring (bicyclic) bond motifs is 2. The van der Waals surface area contributed by atoms with Crippen molar-refractivity contribution < 1.29 is 9.53 Å². The highest BCUT2D eigenvalue weighted by Gasteiger charge is 2.51. The third kappa shape index (κ3) is 4.04. The summed E-state index contributed by atoms with van der Waals surface area (Å²) < 4.78 is 7.10. The highest BCUT2D eigenvalue weighted by Crippen LogP contribution is 2.52. The lowest BCUT2D eigenvalue weighted by molar-refractivity contribution is 0.0699. The number of hydrogen-bond donors (Lipinski definition) is 0. The monoisotopic (exact) mass is 463 g/mol. The van der Waals surface area contributed by atoms with Crippen LogP contribution in [-0.4, -0.2) is 40.3 Å². The molecule has 0 spiro atoms. The topological polar surface area (TPSA) is 47.4 Å². The fraction of sp³-hybridized carbons (Fsp3) is 0.407. The SMILES string of the molecule is COc1cccc(-c2cc(C(=O)N3CC4(C)CC3CC(C)(C)C4)n(-c3ccccc3Cl)n2)c1. The van der Waals surface area contributed by atoms with E-state index in [1.54, 1.807) is 11.8 Å². The van der Waals surface area contributed by atoms with Crippen LogP contribution in [-0.2, 0) is 0 Å². The van der Waals surface area contributed by atoms with E-state index in [-0.39, 0.29) is 22.8 Å². The molecule has 1 amide bonds. The van der Waals surface area contributed by atoms with E-state index in [1.807, 2.05) is 54.6 Å². The quantitative estimate of drug-likeness (QED) is 0.460. The number of amides is 1. The molecule has 172 valence electrons. The molecular weight excluding hydrogens is 434 g/mol. The first kappa shape index (κ1) is 22.0. The summed E-state index contributed by atoms with van der Waals surface area (Å²) in [5.74, 6) is 0.763. The number of carbonyl (C=O) groups is 1. The van der Waals surface area contributed by atoms with Gasteiger partial charge in [0.1, 0.15) is 11.4 Å². The smallest absolute Gasteiger partial charge is 0.272 e. The van der Waals surface area contributed by atoms with Crippen molar-refractivity contribution >= 4 is 17.5 Å². The normalized spacial score (nSPS) is 23.5. The number of hydrogen-bond acceptors (Lipinski definition) is 3. The molecule has 1 aliphatic heterocycles. The zero-order valence-electron chi connectivity index (χ0n) is 19.6. The van der Waals surface area contributed by atoms with Crippen molar-refractivity contribution in [3.63, 3.8) is 0 Å². The third-order valence-electron chi connectivity index (χ3n) is 7.05. The Hall–Kier alpha value is -2.79. The Morgan fingerprint density at radius 2 is 1.88 bits per heavy atom. The van der Waals surface area contributed by atoms with Crippen LogP contribution in [0, 0.1) is 10.8 Å². The van der Waals surface area contributed by atoms with E-state index in [4.69, 9.17) is 21.4 Å². The average molecular weight is 464 g/mol. The summed E-state index contributed by atoms with van der Waals surface area (Å²) in [5.41, 5.74) is 3.24. The number of ether oxygens (including phenoxy) is 1. The third-order valence-corrected chi connectivity index (χ3v) is 7.37. The largest absolute Gasteiger partial charge is 0.497 e. The maximum atomic E-state index is 14.0. The van der Waals surface area contributed by atoms with Crippen molar-refractivity contribution in [2.45, 2.75) is 46.1 Å². The number of likely N-dealkylation sites (tertiary alicyclic amines) is 1. The molecule has 2 bridgehead atoms. The first-order chi connectivity index (χ1) is 15.7. The molecule has 6 heteroatoms. The fourth-order valence-electron chi connectivity index (χ4n) is 6.11. The van der Waals surface area contributed by atoms with Gasteiger partial charge in [-0.2, -0.15) is 5.10 Å². The molecule has 0 N–H and O–H groups in total. The lowest BCUT2D eigenvalue weighted by Crippen LogP contribution is -2.38. The Kier molecular flexibility index (Phi) is 5.28. The molecule has 1 saturated carbocycles. The Labute approximate surface area is 200 Å². The van der Waals surface area contributed by atoms with Gasteiger partial charge in [0.15, 0.2) is 0 Å². The van der Waals surface area contributed by atoms with E-state index in [0.717, 1.165) is 37.1 Å². The Morgan fingerprint density at radius 1 is 1.09 bits per heavy atom. The standard InChI is InChI=1S/C27H30ClN3O2/c1-26(2)14-19-15-27(3,16-26)17-30(19)25(32)24-13-22(18-8-7-9-20(12-18)33-4)29-31(24)23-11-6-5-10-21(23)28/h5-13,19H,14-17H2,1-4H3. The summed E-state index contributed by atoms with van der Waals surface area (Å²) in [6.07, 6.45) is 3.22. The van der Waals surface area contributed by atoms with Gasteiger partial charge in [0.2, 0.25) is 0 Å². The molecule has 33 heavy (non-hydrogen) atoms. The Balaban J connectivity index is 1.60. The minimum Gasteiger partial charge on any atom is -0.497 e. The predicted molar refractivity (Wildman–Crippen MR) is 131 cm³/mol. The second-order valence-corrected chi connectivity index (χ2v) is 11.1. The first-order valence-corrected chi connectivity index (χ1v) is 11.9. The number of rotatable bonds is 4. The van der Waals surface area contributed by atoms with Crippen LogP contribution in [0.5, 0.6) is 5.75 Å². The van der Waals surface area contributed by atoms with Crippen LogP contribution >= 0.6 is 11.6 Å². The van der Waals surface area contributed by atoms with Crippen LogP contribution in [0.15, 0.2) is 54.6 Å². The summed E-state index contributed by atoms with van der Waals surface area (Å²) >= 11 is 6.54. The van der Waals surface area contributed by atoms with Gasteiger partial charge in [0.05, 0.1) is 23.5 Å². The van der Waals surface area contributed by atoms with Gasteiger partial charge in [0.25, 0.3) is 5.91 Å². The molecule has 2 unspecified atom stereocenters. The lowest BCUT2D eigenvalue weighted by atomic mass is 9.65. The number of methoxy groups -OCH3 is 1. The molecule has 2 heterocycles. The number of halogens is 1. The fourth-order valence-corrected chi connectivity index (χ4v) is 6.32. The zero-order valence-corrected chi connectivity index (χ0v) is 20.4. The van der Waals surface area contributed by atoms with Crippen LogP contribution in [0.25, 0.3) is 16.9 Å². The Morgan fingerprint density at radius 3 is 2.64 bits per heavy atom. The van der Waals surface area contributed by atoms with E-state index in [9.17, 15) is 4.79 Å². The summed E-state index contributed by atoms with van der Waals surface area (Å²) in [6, 6.07) is 17.4. The number of carbonyl (C=O) groups excluding carboxylic acids is 1. The van der Waals surface area contributed by atoms with E-state index in [1.165, 1.54) is 0 Å². The van der Waals surface area contributed by atoms with E-state index >= 15 is 0 Å². The molecule has 2 fully saturated rings. The average Bonchev–Trinajstić information content (AvgIpc) is 3.31. The van der Waals surface area contributed by atoms with Gasteiger partial charge in [0, 0.05) is 18.2 Å².